The van der Waals surface area contributed by atoms with Crippen LogP contribution in [0.4, 0.5) is 0 Å². The number of hydrogen-bond acceptors (Lipinski definition) is 5. The van der Waals surface area contributed by atoms with Crippen molar-refractivity contribution >= 4 is 29.6 Å². The van der Waals surface area contributed by atoms with Crippen LogP contribution in [-0.2, 0) is 14.4 Å². The first kappa shape index (κ1) is 17.8. The lowest BCUT2D eigenvalue weighted by molar-refractivity contribution is -0.156. The SMILES string of the molecule is CC(CN1C(=O)CCCC1=O)(CN1C(=O)c2ccccc2C1=O)C(=O)O. The second kappa shape index (κ2) is 6.36. The Kier molecular flexibility index (Phi) is 4.35. The molecule has 1 N–H and O–H groups in total. The summed E-state index contributed by atoms with van der Waals surface area (Å²) >= 11 is 0. The van der Waals surface area contributed by atoms with E-state index in [1.165, 1.54) is 19.1 Å². The van der Waals surface area contributed by atoms with Crippen LogP contribution < -0.4 is 0 Å². The van der Waals surface area contributed by atoms with E-state index in [-0.39, 0.29) is 30.5 Å². The van der Waals surface area contributed by atoms with E-state index in [0.717, 1.165) is 9.80 Å². The van der Waals surface area contributed by atoms with Gasteiger partial charge in [-0.25, -0.2) is 0 Å². The third-order valence-corrected chi connectivity index (χ3v) is 4.79. The summed E-state index contributed by atoms with van der Waals surface area (Å²) in [6.45, 7) is 0.521. The highest BCUT2D eigenvalue weighted by molar-refractivity contribution is 6.21. The zero-order valence-electron chi connectivity index (χ0n) is 14.2. The smallest absolute Gasteiger partial charge is 0.313 e. The monoisotopic (exact) mass is 358 g/mol. The number of fused-ring (bicyclic) bond motifs is 1. The standard InChI is InChI=1S/C18H18N2O6/c1-18(17(25)26,9-19-13(21)7-4-8-14(19)22)10-20-15(23)11-5-2-3-6-12(11)16(20)24/h2-3,5-6H,4,7-10H2,1H3,(H,25,26). The number of likely N-dealkylation sites (tertiary alicyclic amines) is 1. The topological polar surface area (TPSA) is 112 Å². The molecule has 1 aromatic rings. The number of carbonyl (C=O) groups is 5. The zero-order chi connectivity index (χ0) is 19.1. The molecule has 0 spiro atoms. The fourth-order valence-corrected chi connectivity index (χ4v) is 3.24. The molecular weight excluding hydrogens is 340 g/mol. The molecule has 1 atom stereocenters. The van der Waals surface area contributed by atoms with Crippen molar-refractivity contribution in [3.8, 4) is 0 Å². The molecule has 1 saturated heterocycles. The third-order valence-electron chi connectivity index (χ3n) is 4.79. The Bertz CT molecular complexity index is 782. The van der Waals surface area contributed by atoms with Gasteiger partial charge in [0.15, 0.2) is 0 Å². The highest BCUT2D eigenvalue weighted by Gasteiger charge is 2.46. The predicted molar refractivity (Wildman–Crippen MR) is 88.1 cm³/mol. The number of amides is 4. The molecule has 8 heteroatoms. The minimum absolute atomic E-state index is 0.175. The quantitative estimate of drug-likeness (QED) is 0.783. The van der Waals surface area contributed by atoms with Crippen molar-refractivity contribution < 1.29 is 29.1 Å². The van der Waals surface area contributed by atoms with Crippen LogP contribution in [0.5, 0.6) is 0 Å². The van der Waals surface area contributed by atoms with Gasteiger partial charge in [-0.1, -0.05) is 12.1 Å². The maximum atomic E-state index is 12.5. The number of carbonyl (C=O) groups excluding carboxylic acids is 4. The van der Waals surface area contributed by atoms with Crippen molar-refractivity contribution in [2.45, 2.75) is 26.2 Å². The van der Waals surface area contributed by atoms with Crippen LogP contribution >= 0.6 is 0 Å². The average Bonchev–Trinajstić information content (AvgIpc) is 2.83. The van der Waals surface area contributed by atoms with Crippen molar-refractivity contribution in [2.75, 3.05) is 13.1 Å². The number of aliphatic carboxylic acids is 1. The Labute approximate surface area is 149 Å². The van der Waals surface area contributed by atoms with E-state index < -0.39 is 41.6 Å². The summed E-state index contributed by atoms with van der Waals surface area (Å²) < 4.78 is 0. The lowest BCUT2D eigenvalue weighted by Gasteiger charge is -2.35. The van der Waals surface area contributed by atoms with Crippen LogP contribution in [0.1, 0.15) is 46.9 Å². The van der Waals surface area contributed by atoms with Crippen LogP contribution in [0.15, 0.2) is 24.3 Å². The maximum Gasteiger partial charge on any atom is 0.313 e. The minimum atomic E-state index is -1.66. The molecule has 1 unspecified atom stereocenters. The van der Waals surface area contributed by atoms with Crippen LogP contribution in [0.2, 0.25) is 0 Å². The van der Waals surface area contributed by atoms with E-state index in [2.05, 4.69) is 0 Å². The molecule has 0 aromatic heterocycles. The van der Waals surface area contributed by atoms with Crippen molar-refractivity contribution in [1.29, 1.82) is 0 Å². The summed E-state index contributed by atoms with van der Waals surface area (Å²) in [4.78, 5) is 62.7. The van der Waals surface area contributed by atoms with Gasteiger partial charge >= 0.3 is 5.97 Å². The third kappa shape index (κ3) is 2.87. The summed E-state index contributed by atoms with van der Waals surface area (Å²) in [5.41, 5.74) is -1.22. The summed E-state index contributed by atoms with van der Waals surface area (Å²) in [6.07, 6.45) is 0.791. The number of piperidine rings is 1. The maximum absolute atomic E-state index is 12.5. The lowest BCUT2D eigenvalue weighted by Crippen LogP contribution is -2.53. The van der Waals surface area contributed by atoms with Gasteiger partial charge in [-0.05, 0) is 25.5 Å². The molecule has 2 aliphatic heterocycles. The van der Waals surface area contributed by atoms with Gasteiger partial charge in [0.1, 0.15) is 5.41 Å². The fourth-order valence-electron chi connectivity index (χ4n) is 3.24. The molecule has 1 aromatic carbocycles. The zero-order valence-corrected chi connectivity index (χ0v) is 14.2. The minimum Gasteiger partial charge on any atom is -0.481 e. The Balaban J connectivity index is 1.86. The number of carboxylic acids is 1. The molecule has 26 heavy (non-hydrogen) atoms. The molecular formula is C18H18N2O6. The van der Waals surface area contributed by atoms with Crippen molar-refractivity contribution in [3.63, 3.8) is 0 Å². The summed E-state index contributed by atoms with van der Waals surface area (Å²) in [7, 11) is 0. The van der Waals surface area contributed by atoms with Gasteiger partial charge in [0, 0.05) is 25.9 Å². The van der Waals surface area contributed by atoms with Crippen LogP contribution in [0, 0.1) is 5.41 Å². The molecule has 2 aliphatic rings. The molecule has 0 radical (unpaired) electrons. The van der Waals surface area contributed by atoms with E-state index in [1.807, 2.05) is 0 Å². The Morgan fingerprint density at radius 2 is 1.42 bits per heavy atom. The Morgan fingerprint density at radius 3 is 1.88 bits per heavy atom. The van der Waals surface area contributed by atoms with Crippen LogP contribution in [-0.4, -0.2) is 57.6 Å². The van der Waals surface area contributed by atoms with E-state index >= 15 is 0 Å². The van der Waals surface area contributed by atoms with Crippen molar-refractivity contribution in [2.24, 2.45) is 5.41 Å². The number of carboxylic acid groups (broad SMARTS) is 1. The molecule has 2 heterocycles. The second-order valence-corrected chi connectivity index (χ2v) is 6.84. The van der Waals surface area contributed by atoms with E-state index in [0.29, 0.717) is 6.42 Å². The predicted octanol–water partition coefficient (Wildman–Crippen LogP) is 0.913. The average molecular weight is 358 g/mol. The first-order chi connectivity index (χ1) is 12.2. The highest BCUT2D eigenvalue weighted by Crippen LogP contribution is 2.29. The van der Waals surface area contributed by atoms with Crippen molar-refractivity contribution in [1.82, 2.24) is 9.80 Å². The molecule has 0 saturated carbocycles. The number of benzene rings is 1. The number of rotatable bonds is 5. The molecule has 8 nitrogen and oxygen atoms in total. The largest absolute Gasteiger partial charge is 0.481 e. The first-order valence-corrected chi connectivity index (χ1v) is 8.26. The molecule has 0 bridgehead atoms. The van der Waals surface area contributed by atoms with Gasteiger partial charge in [-0.15, -0.1) is 0 Å². The Morgan fingerprint density at radius 1 is 0.962 bits per heavy atom. The second-order valence-electron chi connectivity index (χ2n) is 6.84. The van der Waals surface area contributed by atoms with Crippen molar-refractivity contribution in [3.05, 3.63) is 35.4 Å². The van der Waals surface area contributed by atoms with Gasteiger partial charge in [0.25, 0.3) is 11.8 Å². The van der Waals surface area contributed by atoms with Gasteiger partial charge in [0.05, 0.1) is 11.1 Å². The van der Waals surface area contributed by atoms with E-state index in [9.17, 15) is 29.1 Å². The molecule has 0 aliphatic carbocycles. The van der Waals surface area contributed by atoms with Crippen LogP contribution in [0.3, 0.4) is 0 Å². The van der Waals surface area contributed by atoms with Crippen LogP contribution in [0.25, 0.3) is 0 Å². The Hall–Kier alpha value is -3.03. The number of hydrogen-bond donors (Lipinski definition) is 1. The summed E-state index contributed by atoms with van der Waals surface area (Å²) in [5, 5.41) is 9.69. The molecule has 1 fully saturated rings. The van der Waals surface area contributed by atoms with Gasteiger partial charge in [-0.3, -0.25) is 33.8 Å². The number of imide groups is 2. The van der Waals surface area contributed by atoms with Gasteiger partial charge in [-0.2, -0.15) is 0 Å². The first-order valence-electron chi connectivity index (χ1n) is 8.26. The molecule has 136 valence electrons. The van der Waals surface area contributed by atoms with Gasteiger partial charge in [0.2, 0.25) is 11.8 Å². The highest BCUT2D eigenvalue weighted by atomic mass is 16.4. The molecule has 4 amide bonds. The van der Waals surface area contributed by atoms with E-state index in [4.69, 9.17) is 0 Å². The lowest BCUT2D eigenvalue weighted by atomic mass is 9.88. The summed E-state index contributed by atoms with van der Waals surface area (Å²) in [6, 6.07) is 6.25. The summed E-state index contributed by atoms with van der Waals surface area (Å²) in [5.74, 6) is -3.31. The van der Waals surface area contributed by atoms with Gasteiger partial charge < -0.3 is 5.11 Å². The normalized spacial score (nSPS) is 19.6. The fraction of sp³-hybridized carbons (Fsp3) is 0.389. The molecule has 3 rings (SSSR count). The number of nitrogens with zero attached hydrogens (tertiary/aromatic N) is 2. The van der Waals surface area contributed by atoms with E-state index in [1.54, 1.807) is 12.1 Å².